The third-order valence-electron chi connectivity index (χ3n) is 3.89. The van der Waals surface area contributed by atoms with Crippen LogP contribution in [-0.2, 0) is 9.31 Å². The van der Waals surface area contributed by atoms with Crippen molar-refractivity contribution in [2.75, 3.05) is 13.5 Å². The Bertz CT molecular complexity index is 1010. The summed E-state index contributed by atoms with van der Waals surface area (Å²) in [6, 6.07) is -5.17. The van der Waals surface area contributed by atoms with Crippen molar-refractivity contribution in [1.82, 2.24) is 9.88 Å². The molecule has 0 N–H and O–H groups in total. The van der Waals surface area contributed by atoms with Gasteiger partial charge in [-0.05, 0) is 65.5 Å². The van der Waals surface area contributed by atoms with Crippen molar-refractivity contribution in [3.05, 3.63) is 23.8 Å². The van der Waals surface area contributed by atoms with Gasteiger partial charge in [-0.15, -0.1) is 0 Å². The molecule has 1 aromatic heterocycles. The van der Waals surface area contributed by atoms with Crippen molar-refractivity contribution in [3.8, 4) is 0 Å². The summed E-state index contributed by atoms with van der Waals surface area (Å²) in [4.78, 5) is 3.58. The Morgan fingerprint density at radius 3 is 2.81 bits per heavy atom. The highest BCUT2D eigenvalue weighted by Crippen LogP contribution is 2.36. The summed E-state index contributed by atoms with van der Waals surface area (Å²) in [5.74, 6) is 0. The molecule has 1 aromatic rings. The van der Waals surface area contributed by atoms with Gasteiger partial charge in [0.2, 0.25) is 0 Å². The quantitative estimate of drug-likeness (QED) is 0.784. The van der Waals surface area contributed by atoms with E-state index in [9.17, 15) is 0 Å². The second kappa shape index (κ2) is 5.08. The number of hydrogen-bond donors (Lipinski definition) is 0. The first kappa shape index (κ1) is 5.95. The molecule has 0 aliphatic carbocycles. The van der Waals surface area contributed by atoms with E-state index in [4.69, 9.17) is 27.1 Å². The van der Waals surface area contributed by atoms with E-state index < -0.39 is 74.4 Å². The van der Waals surface area contributed by atoms with Gasteiger partial charge in [0.25, 0.3) is 0 Å². The molecule has 0 radical (unpaired) electrons. The smallest absolute Gasteiger partial charge is 0.398 e. The first-order valence-corrected chi connectivity index (χ1v) is 6.54. The van der Waals surface area contributed by atoms with Crippen molar-refractivity contribution in [2.24, 2.45) is 0 Å². The first-order chi connectivity index (χ1) is 14.9. The number of aromatic nitrogens is 1. The average Bonchev–Trinajstić information content (AvgIpc) is 2.87. The standard InChI is InChI=1S/C16H25BN2O2/c1-15(2)16(3,4)21-17(20-15)14-9-8-12(11-18-14)13-7-6-10-19(13)5/h8-9,11,13H,6-7,10H2,1-5H3/i5D3,6D2,7D2,8D,9D,10D2,11D,13D. The van der Waals surface area contributed by atoms with E-state index in [0.717, 1.165) is 0 Å². The SMILES string of the molecule is [2H]c1nc(B2OC(C)(C)C(C)(C)O2)c([2H])c([2H])c1C1([2H])N(C([2H])([2H])[2H])C([2H])([2H])C([2H])([2H])C1([2H])[2H]. The normalized spacial score (nSPS) is 48.6. The second-order valence-corrected chi connectivity index (χ2v) is 5.87. The molecule has 21 heavy (non-hydrogen) atoms. The number of hydrogen-bond acceptors (Lipinski definition) is 4. The molecule has 2 aliphatic rings. The predicted molar refractivity (Wildman–Crippen MR) is 84.6 cm³/mol. The Balaban J connectivity index is 2.30. The highest BCUT2D eigenvalue weighted by atomic mass is 16.7. The minimum atomic E-state index is -3.58. The van der Waals surface area contributed by atoms with Crippen LogP contribution in [-0.4, -0.2) is 41.7 Å². The first-order valence-electron chi connectivity index (χ1n) is 13.0. The summed E-state index contributed by atoms with van der Waals surface area (Å²) in [5, 5.41) is 0. The topological polar surface area (TPSA) is 34.6 Å². The molecule has 2 fully saturated rings. The zero-order chi connectivity index (χ0) is 26.7. The van der Waals surface area contributed by atoms with Crippen molar-refractivity contribution in [2.45, 2.75) is 57.7 Å². The van der Waals surface area contributed by atoms with Crippen molar-refractivity contribution in [1.29, 1.82) is 0 Å². The summed E-state index contributed by atoms with van der Waals surface area (Å²) >= 11 is 0. The molecular formula is C16H25BN2O2. The molecule has 3 heterocycles. The number of rotatable bonds is 2. The van der Waals surface area contributed by atoms with Gasteiger partial charge < -0.3 is 9.31 Å². The lowest BCUT2D eigenvalue weighted by Gasteiger charge is -2.32. The molecular weight excluding hydrogens is 263 g/mol. The Morgan fingerprint density at radius 1 is 1.43 bits per heavy atom. The van der Waals surface area contributed by atoms with E-state index in [2.05, 4.69) is 4.98 Å². The van der Waals surface area contributed by atoms with Gasteiger partial charge in [-0.25, -0.2) is 0 Å². The minimum absolute atomic E-state index is 0.298. The fourth-order valence-corrected chi connectivity index (χ4v) is 1.91. The van der Waals surface area contributed by atoms with Gasteiger partial charge in [0.1, 0.15) is 0 Å². The summed E-state index contributed by atoms with van der Waals surface area (Å²) in [7, 11) is -1.29. The van der Waals surface area contributed by atoms with Crippen LogP contribution in [0.25, 0.3) is 0 Å². The Kier molecular flexibility index (Phi) is 1.44. The van der Waals surface area contributed by atoms with Crippen LogP contribution in [0.4, 0.5) is 0 Å². The molecule has 2 saturated heterocycles. The predicted octanol–water partition coefficient (Wildman–Crippen LogP) is 2.15. The minimum Gasteiger partial charge on any atom is -0.398 e. The third kappa shape index (κ3) is 2.63. The van der Waals surface area contributed by atoms with Crippen LogP contribution >= 0.6 is 0 Å². The van der Waals surface area contributed by atoms with Gasteiger partial charge >= 0.3 is 7.12 Å². The molecule has 0 aromatic carbocycles. The van der Waals surface area contributed by atoms with Crippen LogP contribution in [0.3, 0.4) is 0 Å². The molecule has 4 nitrogen and oxygen atoms in total. The van der Waals surface area contributed by atoms with E-state index in [1.54, 1.807) is 27.7 Å². The average molecular weight is 301 g/mol. The summed E-state index contributed by atoms with van der Waals surface area (Å²) in [5.41, 5.74) is -3.10. The lowest BCUT2D eigenvalue weighted by molar-refractivity contribution is 0.00578. The van der Waals surface area contributed by atoms with E-state index in [0.29, 0.717) is 0 Å². The van der Waals surface area contributed by atoms with Gasteiger partial charge in [-0.3, -0.25) is 9.88 Å². The highest BCUT2D eigenvalue weighted by molar-refractivity contribution is 6.61. The maximum absolute atomic E-state index is 8.82. The lowest BCUT2D eigenvalue weighted by atomic mass is 9.84. The number of nitrogens with zero attached hydrogens (tertiary/aromatic N) is 2. The molecule has 5 heteroatoms. The summed E-state index contributed by atoms with van der Waals surface area (Å²) in [6.45, 7) is -0.212. The highest BCUT2D eigenvalue weighted by Gasteiger charge is 2.52. The molecule has 1 unspecified atom stereocenters. The van der Waals surface area contributed by atoms with E-state index >= 15 is 0 Å². The Labute approximate surface area is 146 Å². The zero-order valence-corrected chi connectivity index (χ0v) is 12.3. The molecule has 0 spiro atoms. The maximum atomic E-state index is 8.82. The molecule has 0 saturated carbocycles. The van der Waals surface area contributed by atoms with Gasteiger partial charge in [-0.2, -0.15) is 0 Å². The van der Waals surface area contributed by atoms with Crippen LogP contribution in [0.1, 0.15) is 69.8 Å². The number of likely N-dealkylation sites (tertiary alicyclic amines) is 1. The largest absolute Gasteiger partial charge is 0.514 e. The van der Waals surface area contributed by atoms with Crippen LogP contribution in [0, 0.1) is 0 Å². The molecule has 0 bridgehead atoms. The third-order valence-corrected chi connectivity index (χ3v) is 3.89. The van der Waals surface area contributed by atoms with Gasteiger partial charge in [0, 0.05) is 24.5 Å². The van der Waals surface area contributed by atoms with Crippen molar-refractivity contribution in [3.63, 3.8) is 0 Å². The summed E-state index contributed by atoms with van der Waals surface area (Å²) in [6.07, 6.45) is -8.13. The summed E-state index contributed by atoms with van der Waals surface area (Å²) < 4.78 is 118. The van der Waals surface area contributed by atoms with Crippen LogP contribution in [0.15, 0.2) is 18.3 Å². The van der Waals surface area contributed by atoms with Crippen molar-refractivity contribution < 1.29 is 27.1 Å². The second-order valence-electron chi connectivity index (χ2n) is 5.87. The van der Waals surface area contributed by atoms with Gasteiger partial charge in [-0.1, -0.05) is 6.04 Å². The van der Waals surface area contributed by atoms with Gasteiger partial charge in [0.05, 0.1) is 22.3 Å². The molecule has 1 atom stereocenters. The van der Waals surface area contributed by atoms with E-state index in [1.165, 1.54) is 0 Å². The zero-order valence-electron chi connectivity index (χ0n) is 25.3. The maximum Gasteiger partial charge on any atom is 0.514 e. The van der Waals surface area contributed by atoms with Crippen LogP contribution < -0.4 is 5.59 Å². The Hall–Kier alpha value is -0.905. The van der Waals surface area contributed by atoms with E-state index in [1.807, 2.05) is 0 Å². The van der Waals surface area contributed by atoms with Gasteiger partial charge in [0.15, 0.2) is 0 Å². The monoisotopic (exact) mass is 301 g/mol. The van der Waals surface area contributed by atoms with Crippen LogP contribution in [0.5, 0.6) is 0 Å². The van der Waals surface area contributed by atoms with Crippen molar-refractivity contribution >= 4 is 12.7 Å². The molecule has 114 valence electrons. The fraction of sp³-hybridized carbons (Fsp3) is 0.688. The van der Waals surface area contributed by atoms with E-state index in [-0.39, 0.29) is 10.5 Å². The number of pyridine rings is 1. The molecule has 3 rings (SSSR count). The Morgan fingerprint density at radius 2 is 2.14 bits per heavy atom. The fourth-order valence-electron chi connectivity index (χ4n) is 1.91. The lowest BCUT2D eigenvalue weighted by Crippen LogP contribution is -2.41. The molecule has 0 amide bonds. The molecule has 2 aliphatic heterocycles. The van der Waals surface area contributed by atoms with Crippen LogP contribution in [0.2, 0.25) is 0 Å².